The van der Waals surface area contributed by atoms with Gasteiger partial charge >= 0.3 is 0 Å². The second-order valence-corrected chi connectivity index (χ2v) is 6.45. The monoisotopic (exact) mass is 360 g/mol. The number of rotatable bonds is 4. The molecule has 0 radical (unpaired) electrons. The molecule has 27 heavy (non-hydrogen) atoms. The summed E-state index contributed by atoms with van der Waals surface area (Å²) >= 11 is 0. The summed E-state index contributed by atoms with van der Waals surface area (Å²) in [6, 6.07) is 17.2. The fraction of sp³-hybridized carbons (Fsp3) is 0.182. The van der Waals surface area contributed by atoms with Crippen molar-refractivity contribution in [3.05, 3.63) is 65.9 Å². The Balaban J connectivity index is 1.73. The molecule has 0 fully saturated rings. The summed E-state index contributed by atoms with van der Waals surface area (Å²) in [6.07, 6.45) is 0. The van der Waals surface area contributed by atoms with Gasteiger partial charge in [-0.3, -0.25) is 4.79 Å². The van der Waals surface area contributed by atoms with Gasteiger partial charge in [-0.2, -0.15) is 0 Å². The van der Waals surface area contributed by atoms with Crippen LogP contribution in [0.4, 0.5) is 5.69 Å². The van der Waals surface area contributed by atoms with Gasteiger partial charge in [-0.05, 0) is 49.7 Å². The summed E-state index contributed by atoms with van der Waals surface area (Å²) < 4.78 is 11.4. The van der Waals surface area contributed by atoms with Crippen molar-refractivity contribution in [1.82, 2.24) is 4.98 Å². The first kappa shape index (κ1) is 17.1. The van der Waals surface area contributed by atoms with Crippen molar-refractivity contribution in [2.24, 2.45) is 0 Å². The van der Waals surface area contributed by atoms with E-state index in [2.05, 4.69) is 4.98 Å². The number of aryl methyl sites for hydroxylation is 1. The highest BCUT2D eigenvalue weighted by molar-refractivity contribution is 6.07. The summed E-state index contributed by atoms with van der Waals surface area (Å²) in [5.41, 5.74) is 3.14. The molecule has 1 amide bonds. The van der Waals surface area contributed by atoms with Crippen molar-refractivity contribution in [1.29, 1.82) is 0 Å². The molecule has 2 aromatic carbocycles. The van der Waals surface area contributed by atoms with E-state index in [1.54, 1.807) is 13.1 Å². The lowest BCUT2D eigenvalue weighted by Crippen LogP contribution is -2.26. The van der Waals surface area contributed by atoms with E-state index in [0.29, 0.717) is 23.8 Å². The maximum Gasteiger partial charge on any atom is 0.293 e. The second kappa shape index (κ2) is 6.76. The molecule has 0 unspecified atom stereocenters. The number of carbonyl (C=O) groups is 1. The lowest BCUT2D eigenvalue weighted by molar-refractivity contribution is 0.0967. The first-order chi connectivity index (χ1) is 13.1. The quantitative estimate of drug-likeness (QED) is 0.516. The second-order valence-electron chi connectivity index (χ2n) is 6.45. The Morgan fingerprint density at radius 2 is 1.93 bits per heavy atom. The highest BCUT2D eigenvalue weighted by Crippen LogP contribution is 2.30. The molecule has 0 N–H and O–H groups in total. The van der Waals surface area contributed by atoms with Crippen LogP contribution in [-0.2, 0) is 0 Å². The van der Waals surface area contributed by atoms with Crippen LogP contribution in [-0.4, -0.2) is 24.5 Å². The van der Waals surface area contributed by atoms with Gasteiger partial charge in [0.15, 0.2) is 5.76 Å². The highest BCUT2D eigenvalue weighted by Gasteiger charge is 2.21. The summed E-state index contributed by atoms with van der Waals surface area (Å²) in [7, 11) is 1.71. The third kappa shape index (κ3) is 3.12. The Bertz CT molecular complexity index is 1150. The molecule has 0 saturated carbocycles. The highest BCUT2D eigenvalue weighted by atomic mass is 16.5. The van der Waals surface area contributed by atoms with Gasteiger partial charge in [-0.1, -0.05) is 24.3 Å². The maximum absolute atomic E-state index is 13.0. The van der Waals surface area contributed by atoms with E-state index in [-0.39, 0.29) is 11.7 Å². The van der Waals surface area contributed by atoms with Crippen molar-refractivity contribution in [3.63, 3.8) is 0 Å². The Morgan fingerprint density at radius 3 is 2.74 bits per heavy atom. The number of furan rings is 1. The molecule has 5 nitrogen and oxygen atoms in total. The average Bonchev–Trinajstić information content (AvgIpc) is 3.08. The Hall–Kier alpha value is -3.34. The summed E-state index contributed by atoms with van der Waals surface area (Å²) in [5.74, 6) is 0.657. The van der Waals surface area contributed by atoms with Gasteiger partial charge in [-0.25, -0.2) is 4.98 Å². The van der Waals surface area contributed by atoms with Crippen LogP contribution in [0.2, 0.25) is 0 Å². The number of hydrogen-bond donors (Lipinski definition) is 0. The number of fused-ring (bicyclic) bond motifs is 2. The van der Waals surface area contributed by atoms with Crippen LogP contribution in [0, 0.1) is 6.92 Å². The molecule has 0 atom stereocenters. The van der Waals surface area contributed by atoms with Crippen molar-refractivity contribution in [2.45, 2.75) is 13.8 Å². The molecule has 0 spiro atoms. The van der Waals surface area contributed by atoms with Gasteiger partial charge in [0.05, 0.1) is 17.8 Å². The lowest BCUT2D eigenvalue weighted by Gasteiger charge is -2.19. The maximum atomic E-state index is 13.0. The van der Waals surface area contributed by atoms with Gasteiger partial charge in [0.2, 0.25) is 5.71 Å². The van der Waals surface area contributed by atoms with Crippen LogP contribution in [0.1, 0.15) is 23.0 Å². The Kier molecular flexibility index (Phi) is 4.28. The molecule has 5 heteroatoms. The molecule has 0 bridgehead atoms. The third-order valence-corrected chi connectivity index (χ3v) is 4.50. The van der Waals surface area contributed by atoms with Gasteiger partial charge in [0.1, 0.15) is 5.75 Å². The van der Waals surface area contributed by atoms with Crippen molar-refractivity contribution in [2.75, 3.05) is 18.6 Å². The first-order valence-electron chi connectivity index (χ1n) is 8.87. The van der Waals surface area contributed by atoms with E-state index in [9.17, 15) is 4.79 Å². The smallest absolute Gasteiger partial charge is 0.293 e. The Labute approximate surface area is 157 Å². The number of ether oxygens (including phenoxy) is 1. The van der Waals surface area contributed by atoms with Crippen LogP contribution in [0.5, 0.6) is 5.75 Å². The van der Waals surface area contributed by atoms with Gasteiger partial charge in [-0.15, -0.1) is 0 Å². The zero-order valence-electron chi connectivity index (χ0n) is 15.5. The number of anilines is 1. The van der Waals surface area contributed by atoms with Crippen LogP contribution >= 0.6 is 0 Å². The van der Waals surface area contributed by atoms with Gasteiger partial charge < -0.3 is 14.1 Å². The van der Waals surface area contributed by atoms with E-state index in [1.807, 2.05) is 62.4 Å². The number of nitrogens with zero attached hydrogens (tertiary/aromatic N) is 2. The van der Waals surface area contributed by atoms with Crippen LogP contribution in [0.3, 0.4) is 0 Å². The van der Waals surface area contributed by atoms with E-state index in [0.717, 1.165) is 21.9 Å². The van der Waals surface area contributed by atoms with Crippen molar-refractivity contribution >= 4 is 33.6 Å². The van der Waals surface area contributed by atoms with Crippen LogP contribution < -0.4 is 9.64 Å². The van der Waals surface area contributed by atoms with E-state index < -0.39 is 0 Å². The number of benzene rings is 2. The van der Waals surface area contributed by atoms with Crippen LogP contribution in [0.25, 0.3) is 22.0 Å². The largest absolute Gasteiger partial charge is 0.492 e. The number of carbonyl (C=O) groups excluding carboxylic acids is 1. The fourth-order valence-electron chi connectivity index (χ4n) is 3.13. The SMILES string of the molecule is CCOc1ccccc1N(C)C(=O)c1cc2cc3ccc(C)cc3nc2o1. The number of hydrogen-bond acceptors (Lipinski definition) is 4. The minimum atomic E-state index is -0.250. The van der Waals surface area contributed by atoms with Crippen molar-refractivity contribution < 1.29 is 13.9 Å². The Morgan fingerprint density at radius 1 is 1.11 bits per heavy atom. The minimum absolute atomic E-state index is 0.248. The van der Waals surface area contributed by atoms with Crippen LogP contribution in [0.15, 0.2) is 59.0 Å². The average molecular weight is 360 g/mol. The molecular weight excluding hydrogens is 340 g/mol. The predicted octanol–water partition coefficient (Wildman–Crippen LogP) is 4.96. The van der Waals surface area contributed by atoms with Gasteiger partial charge in [0.25, 0.3) is 5.91 Å². The number of para-hydroxylation sites is 2. The first-order valence-corrected chi connectivity index (χ1v) is 8.87. The molecule has 4 aromatic rings. The number of pyridine rings is 1. The molecule has 0 aliphatic carbocycles. The van der Waals surface area contributed by atoms with E-state index in [4.69, 9.17) is 9.15 Å². The molecular formula is C22H20N2O3. The molecule has 0 aliphatic heterocycles. The molecule has 4 rings (SSSR count). The topological polar surface area (TPSA) is 55.6 Å². The zero-order valence-corrected chi connectivity index (χ0v) is 15.5. The number of aromatic nitrogens is 1. The van der Waals surface area contributed by atoms with E-state index in [1.165, 1.54) is 4.90 Å². The van der Waals surface area contributed by atoms with Gasteiger partial charge in [0, 0.05) is 17.8 Å². The summed E-state index contributed by atoms with van der Waals surface area (Å²) in [6.45, 7) is 4.46. The summed E-state index contributed by atoms with van der Waals surface area (Å²) in [5, 5.41) is 1.82. The number of amides is 1. The predicted molar refractivity (Wildman–Crippen MR) is 107 cm³/mol. The normalized spacial score (nSPS) is 11.1. The van der Waals surface area contributed by atoms with E-state index >= 15 is 0 Å². The molecule has 0 aliphatic rings. The molecule has 2 aromatic heterocycles. The van der Waals surface area contributed by atoms with Crippen molar-refractivity contribution in [3.8, 4) is 5.75 Å². The fourth-order valence-corrected chi connectivity index (χ4v) is 3.13. The minimum Gasteiger partial charge on any atom is -0.492 e. The standard InChI is InChI=1S/C22H20N2O3/c1-4-26-19-8-6-5-7-18(19)24(3)22(25)20-13-16-12-15-10-9-14(2)11-17(15)23-21(16)27-20/h5-13H,4H2,1-3H3. The molecule has 2 heterocycles. The summed E-state index contributed by atoms with van der Waals surface area (Å²) in [4.78, 5) is 19.1. The zero-order chi connectivity index (χ0) is 19.0. The third-order valence-electron chi connectivity index (χ3n) is 4.50. The molecule has 0 saturated heterocycles. The lowest BCUT2D eigenvalue weighted by atomic mass is 10.1. The molecule has 136 valence electrons.